The van der Waals surface area contributed by atoms with Crippen LogP contribution in [0.1, 0.15) is 49.4 Å². The van der Waals surface area contributed by atoms with Gasteiger partial charge in [-0.3, -0.25) is 0 Å². The fraction of sp³-hybridized carbons (Fsp3) is 0.353. The smallest absolute Gasteiger partial charge is 0.200 e. The van der Waals surface area contributed by atoms with E-state index < -0.39 is 0 Å². The number of hydrogen-bond donors (Lipinski definition) is 1. The highest BCUT2D eigenvalue weighted by molar-refractivity contribution is 5.67. The van der Waals surface area contributed by atoms with E-state index in [9.17, 15) is 4.39 Å². The van der Waals surface area contributed by atoms with Crippen LogP contribution in [0.3, 0.4) is 0 Å². The van der Waals surface area contributed by atoms with Gasteiger partial charge in [0.2, 0.25) is 5.65 Å². The number of hydrogen-bond acceptors (Lipinski definition) is 4. The summed E-state index contributed by atoms with van der Waals surface area (Å²) in [6.07, 6.45) is 4.89. The van der Waals surface area contributed by atoms with Gasteiger partial charge in [-0.15, -0.1) is 10.2 Å². The van der Waals surface area contributed by atoms with E-state index >= 15 is 0 Å². The minimum Gasteiger partial charge on any atom is -0.375 e. The largest absolute Gasteiger partial charge is 0.375 e. The van der Waals surface area contributed by atoms with Crippen molar-refractivity contribution in [1.29, 1.82) is 0 Å². The normalized spacial score (nSPS) is 15.7. The molecule has 0 spiro atoms. The van der Waals surface area contributed by atoms with Crippen molar-refractivity contribution in [3.05, 3.63) is 53.7 Å². The van der Waals surface area contributed by atoms with Gasteiger partial charge in [-0.25, -0.2) is 4.39 Å². The van der Waals surface area contributed by atoms with Gasteiger partial charge in [0.05, 0.1) is 17.4 Å². The Bertz CT molecular complexity index is 823. The number of rotatable bonds is 5. The molecule has 5 nitrogen and oxygen atoms in total. The number of halogens is 1. The molecule has 4 rings (SSSR count). The zero-order valence-corrected chi connectivity index (χ0v) is 12.9. The summed E-state index contributed by atoms with van der Waals surface area (Å²) in [5.41, 5.74) is 3.77. The third-order valence-electron chi connectivity index (χ3n) is 4.29. The number of nitrogens with one attached hydrogen (secondary N) is 1. The maximum Gasteiger partial charge on any atom is 0.200 e. The Balaban J connectivity index is 1.69. The first-order valence-electron chi connectivity index (χ1n) is 7.97. The number of fused-ring (bicyclic) bond motifs is 1. The minimum absolute atomic E-state index is 0.0885. The van der Waals surface area contributed by atoms with E-state index in [2.05, 4.69) is 33.6 Å². The Labute approximate surface area is 133 Å². The molecule has 0 saturated heterocycles. The van der Waals surface area contributed by atoms with E-state index in [4.69, 9.17) is 0 Å². The summed E-state index contributed by atoms with van der Waals surface area (Å²) < 4.78 is 14.9. The highest BCUT2D eigenvalue weighted by Crippen LogP contribution is 2.40. The van der Waals surface area contributed by atoms with Gasteiger partial charge >= 0.3 is 0 Å². The Kier molecular flexibility index (Phi) is 3.44. The van der Waals surface area contributed by atoms with Crippen LogP contribution in [-0.4, -0.2) is 19.8 Å². The van der Waals surface area contributed by atoms with E-state index in [1.54, 1.807) is 10.8 Å². The van der Waals surface area contributed by atoms with Gasteiger partial charge in [0.25, 0.3) is 0 Å². The number of benzene rings is 1. The Hall–Kier alpha value is -2.50. The fourth-order valence-corrected chi connectivity index (χ4v) is 2.83. The quantitative estimate of drug-likeness (QED) is 0.780. The van der Waals surface area contributed by atoms with Crippen molar-refractivity contribution >= 4 is 11.3 Å². The van der Waals surface area contributed by atoms with E-state index in [1.165, 1.54) is 25.0 Å². The van der Waals surface area contributed by atoms with Crippen molar-refractivity contribution in [2.45, 2.75) is 38.1 Å². The molecule has 2 aromatic heterocycles. The van der Waals surface area contributed by atoms with Crippen molar-refractivity contribution in [3.63, 3.8) is 0 Å². The third kappa shape index (κ3) is 2.76. The fourth-order valence-electron chi connectivity index (χ4n) is 2.83. The monoisotopic (exact) mass is 311 g/mol. The molecule has 1 aliphatic rings. The van der Waals surface area contributed by atoms with Gasteiger partial charge in [0.1, 0.15) is 12.1 Å². The first kappa shape index (κ1) is 14.1. The molecule has 0 aliphatic heterocycles. The number of anilines is 1. The van der Waals surface area contributed by atoms with Crippen molar-refractivity contribution < 1.29 is 4.39 Å². The Morgan fingerprint density at radius 2 is 2.09 bits per heavy atom. The molecule has 1 atom stereocenters. The summed E-state index contributed by atoms with van der Waals surface area (Å²) in [5.74, 6) is 0.330. The third-order valence-corrected chi connectivity index (χ3v) is 4.29. The van der Waals surface area contributed by atoms with Gasteiger partial charge in [-0.05, 0) is 43.0 Å². The predicted octanol–water partition coefficient (Wildman–Crippen LogP) is 3.70. The second-order valence-corrected chi connectivity index (χ2v) is 6.01. The molecule has 1 fully saturated rings. The minimum atomic E-state index is -0.219. The summed E-state index contributed by atoms with van der Waals surface area (Å²) in [4.78, 5) is 0. The lowest BCUT2D eigenvalue weighted by Crippen LogP contribution is -2.12. The predicted molar refractivity (Wildman–Crippen MR) is 85.8 cm³/mol. The summed E-state index contributed by atoms with van der Waals surface area (Å²) in [6, 6.07) is 8.79. The van der Waals surface area contributed by atoms with E-state index in [1.807, 2.05) is 12.1 Å². The zero-order valence-electron chi connectivity index (χ0n) is 12.9. The highest BCUT2D eigenvalue weighted by atomic mass is 19.1. The lowest BCUT2D eigenvalue weighted by molar-refractivity contribution is 0.625. The van der Waals surface area contributed by atoms with Crippen LogP contribution < -0.4 is 5.32 Å². The first-order valence-corrected chi connectivity index (χ1v) is 7.97. The molecular weight excluding hydrogens is 293 g/mol. The van der Waals surface area contributed by atoms with Gasteiger partial charge in [-0.1, -0.05) is 19.1 Å². The van der Waals surface area contributed by atoms with Crippen LogP contribution in [0.5, 0.6) is 0 Å². The van der Waals surface area contributed by atoms with Gasteiger partial charge in [0.15, 0.2) is 0 Å². The van der Waals surface area contributed by atoms with Crippen LogP contribution in [0, 0.1) is 5.82 Å². The number of aromatic nitrogens is 4. The molecule has 2 heterocycles. The highest BCUT2D eigenvalue weighted by Gasteiger charge is 2.27. The van der Waals surface area contributed by atoms with Crippen molar-refractivity contribution in [2.75, 3.05) is 5.32 Å². The van der Waals surface area contributed by atoms with Gasteiger partial charge < -0.3 is 5.32 Å². The van der Waals surface area contributed by atoms with Crippen LogP contribution in [0.2, 0.25) is 0 Å². The average molecular weight is 311 g/mol. The molecule has 1 saturated carbocycles. The Morgan fingerprint density at radius 1 is 1.30 bits per heavy atom. The standard InChI is InChI=1S/C17H18FN5/c1-2-14(11-5-7-13(18)8-6-11)20-16-9-15(12-3-4-12)22-23-10-19-21-17(16)23/h5-10,12,14,20H,2-4H2,1H3. The van der Waals surface area contributed by atoms with E-state index in [0.717, 1.165) is 29.0 Å². The molecule has 1 aromatic carbocycles. The average Bonchev–Trinajstić information content (AvgIpc) is 3.31. The maximum atomic E-state index is 13.1. The lowest BCUT2D eigenvalue weighted by Gasteiger charge is -2.19. The summed E-state index contributed by atoms with van der Waals surface area (Å²) in [5, 5.41) is 16.2. The van der Waals surface area contributed by atoms with Crippen molar-refractivity contribution in [1.82, 2.24) is 19.8 Å². The molecule has 1 aliphatic carbocycles. The lowest BCUT2D eigenvalue weighted by atomic mass is 10.0. The van der Waals surface area contributed by atoms with Crippen molar-refractivity contribution in [3.8, 4) is 0 Å². The van der Waals surface area contributed by atoms with Crippen LogP contribution in [0.15, 0.2) is 36.7 Å². The first-order chi connectivity index (χ1) is 11.2. The maximum absolute atomic E-state index is 13.1. The molecule has 0 amide bonds. The molecule has 0 bridgehead atoms. The van der Waals surface area contributed by atoms with Crippen molar-refractivity contribution in [2.24, 2.45) is 0 Å². The molecule has 6 heteroatoms. The van der Waals surface area contributed by atoms with Crippen LogP contribution in [-0.2, 0) is 0 Å². The zero-order chi connectivity index (χ0) is 15.8. The van der Waals surface area contributed by atoms with E-state index in [-0.39, 0.29) is 11.9 Å². The summed E-state index contributed by atoms with van der Waals surface area (Å²) in [6.45, 7) is 2.10. The SMILES string of the molecule is CCC(Nc1cc(C2CC2)nn2cnnc12)c1ccc(F)cc1. The second-order valence-electron chi connectivity index (χ2n) is 6.01. The topological polar surface area (TPSA) is 55.1 Å². The Morgan fingerprint density at radius 3 is 2.78 bits per heavy atom. The van der Waals surface area contributed by atoms with Crippen LogP contribution >= 0.6 is 0 Å². The van der Waals surface area contributed by atoms with Crippen LogP contribution in [0.25, 0.3) is 5.65 Å². The molecule has 1 N–H and O–H groups in total. The van der Waals surface area contributed by atoms with E-state index in [0.29, 0.717) is 5.92 Å². The van der Waals surface area contributed by atoms with Gasteiger partial charge in [-0.2, -0.15) is 9.61 Å². The molecule has 0 radical (unpaired) electrons. The molecular formula is C17H18FN5. The summed E-state index contributed by atoms with van der Waals surface area (Å²) in [7, 11) is 0. The molecule has 23 heavy (non-hydrogen) atoms. The number of nitrogens with zero attached hydrogens (tertiary/aromatic N) is 4. The molecule has 1 unspecified atom stereocenters. The molecule has 118 valence electrons. The summed E-state index contributed by atoms with van der Waals surface area (Å²) >= 11 is 0. The second kappa shape index (κ2) is 5.61. The van der Waals surface area contributed by atoms with Crippen LogP contribution in [0.4, 0.5) is 10.1 Å². The molecule has 3 aromatic rings. The van der Waals surface area contributed by atoms with Gasteiger partial charge in [0, 0.05) is 5.92 Å².